The number of hydrogen-bond donors (Lipinski definition) is 1. The Morgan fingerprint density at radius 1 is 1.37 bits per heavy atom. The zero-order valence-electron chi connectivity index (χ0n) is 12.0. The van der Waals surface area contributed by atoms with Crippen LogP contribution in [0.25, 0.3) is 0 Å². The summed E-state index contributed by atoms with van der Waals surface area (Å²) in [5.41, 5.74) is 0. The third-order valence-electron chi connectivity index (χ3n) is 4.05. The van der Waals surface area contributed by atoms with E-state index in [1.807, 2.05) is 30.5 Å². The summed E-state index contributed by atoms with van der Waals surface area (Å²) < 4.78 is 0. The van der Waals surface area contributed by atoms with Crippen molar-refractivity contribution in [2.45, 2.75) is 57.4 Å². The van der Waals surface area contributed by atoms with Crippen molar-refractivity contribution in [3.63, 3.8) is 0 Å². The maximum Gasteiger partial charge on any atom is 0.243 e. The SMILES string of the molecule is CCSC1CCC(N2C(=O)CNC(=O)C2C(C)C)C1. The summed E-state index contributed by atoms with van der Waals surface area (Å²) in [6.07, 6.45) is 3.25. The van der Waals surface area contributed by atoms with Gasteiger partial charge in [0.25, 0.3) is 0 Å². The lowest BCUT2D eigenvalue weighted by molar-refractivity contribution is -0.150. The Hall–Kier alpha value is -0.710. The van der Waals surface area contributed by atoms with Crippen LogP contribution >= 0.6 is 11.8 Å². The monoisotopic (exact) mass is 284 g/mol. The fourth-order valence-electron chi connectivity index (χ4n) is 3.25. The first-order valence-electron chi connectivity index (χ1n) is 7.25. The number of carbonyl (C=O) groups is 2. The summed E-state index contributed by atoms with van der Waals surface area (Å²) in [6, 6.07) is -0.0216. The Bertz CT molecular complexity index is 359. The summed E-state index contributed by atoms with van der Waals surface area (Å²) >= 11 is 1.98. The van der Waals surface area contributed by atoms with Gasteiger partial charge in [0.1, 0.15) is 6.04 Å². The van der Waals surface area contributed by atoms with Gasteiger partial charge in [0.15, 0.2) is 0 Å². The third-order valence-corrected chi connectivity index (χ3v) is 5.29. The summed E-state index contributed by atoms with van der Waals surface area (Å²) in [4.78, 5) is 26.1. The minimum absolute atomic E-state index is 0.0150. The highest BCUT2D eigenvalue weighted by molar-refractivity contribution is 7.99. The number of rotatable bonds is 4. The molecule has 1 aliphatic heterocycles. The molecule has 1 saturated carbocycles. The Morgan fingerprint density at radius 2 is 2.11 bits per heavy atom. The summed E-state index contributed by atoms with van der Waals surface area (Å²) in [6.45, 7) is 6.38. The van der Waals surface area contributed by atoms with Crippen molar-refractivity contribution in [3.05, 3.63) is 0 Å². The molecule has 2 fully saturated rings. The van der Waals surface area contributed by atoms with Crippen molar-refractivity contribution in [2.75, 3.05) is 12.3 Å². The Balaban J connectivity index is 2.11. The van der Waals surface area contributed by atoms with Gasteiger partial charge < -0.3 is 10.2 Å². The van der Waals surface area contributed by atoms with Crippen LogP contribution in [0.4, 0.5) is 0 Å². The van der Waals surface area contributed by atoms with Crippen molar-refractivity contribution < 1.29 is 9.59 Å². The van der Waals surface area contributed by atoms with Crippen LogP contribution in [0.2, 0.25) is 0 Å². The summed E-state index contributed by atoms with van der Waals surface area (Å²) in [7, 11) is 0. The molecule has 3 atom stereocenters. The average Bonchev–Trinajstić information content (AvgIpc) is 2.80. The van der Waals surface area contributed by atoms with Crippen LogP contribution in [0.15, 0.2) is 0 Å². The molecule has 0 aromatic carbocycles. The van der Waals surface area contributed by atoms with Crippen LogP contribution in [-0.4, -0.2) is 46.3 Å². The zero-order chi connectivity index (χ0) is 14.0. The molecule has 19 heavy (non-hydrogen) atoms. The molecule has 0 bridgehead atoms. The maximum absolute atomic E-state index is 12.2. The summed E-state index contributed by atoms with van der Waals surface area (Å²) in [5, 5.41) is 3.37. The van der Waals surface area contributed by atoms with Gasteiger partial charge in [0.2, 0.25) is 11.8 Å². The number of carbonyl (C=O) groups excluding carboxylic acids is 2. The van der Waals surface area contributed by atoms with E-state index in [2.05, 4.69) is 12.2 Å². The second-order valence-electron chi connectivity index (χ2n) is 5.75. The number of hydrogen-bond acceptors (Lipinski definition) is 3. The first kappa shape index (κ1) is 14.7. The van der Waals surface area contributed by atoms with Gasteiger partial charge in [0.05, 0.1) is 6.54 Å². The highest BCUT2D eigenvalue weighted by Gasteiger charge is 2.42. The Kier molecular flexibility index (Phi) is 4.76. The van der Waals surface area contributed by atoms with Gasteiger partial charge in [-0.15, -0.1) is 0 Å². The number of amides is 2. The minimum Gasteiger partial charge on any atom is -0.345 e. The molecule has 108 valence electrons. The van der Waals surface area contributed by atoms with Crippen LogP contribution in [0.3, 0.4) is 0 Å². The van der Waals surface area contributed by atoms with Crippen molar-refractivity contribution in [1.82, 2.24) is 10.2 Å². The molecule has 2 rings (SSSR count). The lowest BCUT2D eigenvalue weighted by Gasteiger charge is -2.41. The van der Waals surface area contributed by atoms with Gasteiger partial charge in [-0.25, -0.2) is 0 Å². The van der Waals surface area contributed by atoms with Crippen LogP contribution in [-0.2, 0) is 9.59 Å². The van der Waals surface area contributed by atoms with E-state index in [1.54, 1.807) is 0 Å². The molecule has 0 radical (unpaired) electrons. The molecule has 0 aromatic heterocycles. The lowest BCUT2D eigenvalue weighted by atomic mass is 9.97. The van der Waals surface area contributed by atoms with E-state index < -0.39 is 0 Å². The lowest BCUT2D eigenvalue weighted by Crippen LogP contribution is -2.62. The average molecular weight is 284 g/mol. The van der Waals surface area contributed by atoms with E-state index >= 15 is 0 Å². The zero-order valence-corrected chi connectivity index (χ0v) is 12.8. The first-order valence-corrected chi connectivity index (χ1v) is 8.30. The van der Waals surface area contributed by atoms with Gasteiger partial charge in [0, 0.05) is 11.3 Å². The van der Waals surface area contributed by atoms with Gasteiger partial charge >= 0.3 is 0 Å². The fraction of sp³-hybridized carbons (Fsp3) is 0.857. The normalized spacial score (nSPS) is 32.0. The minimum atomic E-state index is -0.281. The third kappa shape index (κ3) is 3.07. The second-order valence-corrected chi connectivity index (χ2v) is 7.33. The Morgan fingerprint density at radius 3 is 2.74 bits per heavy atom. The van der Waals surface area contributed by atoms with Crippen LogP contribution in [0, 0.1) is 5.92 Å². The molecule has 3 unspecified atom stereocenters. The van der Waals surface area contributed by atoms with Crippen molar-refractivity contribution in [3.8, 4) is 0 Å². The standard InChI is InChI=1S/C14H24N2O2S/c1-4-19-11-6-5-10(7-11)16-12(17)8-15-14(18)13(16)9(2)3/h9-11,13H,4-8H2,1-3H3,(H,15,18). The van der Waals surface area contributed by atoms with Gasteiger partial charge in [-0.05, 0) is 30.9 Å². The van der Waals surface area contributed by atoms with E-state index in [-0.39, 0.29) is 36.4 Å². The molecule has 4 nitrogen and oxygen atoms in total. The molecule has 1 heterocycles. The quantitative estimate of drug-likeness (QED) is 0.854. The van der Waals surface area contributed by atoms with Crippen molar-refractivity contribution in [1.29, 1.82) is 0 Å². The predicted octanol–water partition coefficient (Wildman–Crippen LogP) is 1.64. The van der Waals surface area contributed by atoms with Crippen LogP contribution < -0.4 is 5.32 Å². The van der Waals surface area contributed by atoms with E-state index in [4.69, 9.17) is 0 Å². The Labute approximate surface area is 119 Å². The fourth-order valence-corrected chi connectivity index (χ4v) is 4.38. The molecule has 1 saturated heterocycles. The maximum atomic E-state index is 12.2. The topological polar surface area (TPSA) is 49.4 Å². The van der Waals surface area contributed by atoms with E-state index in [0.717, 1.165) is 18.6 Å². The molecule has 2 aliphatic rings. The second kappa shape index (κ2) is 6.16. The number of thioether (sulfide) groups is 1. The highest BCUT2D eigenvalue weighted by atomic mass is 32.2. The van der Waals surface area contributed by atoms with Gasteiger partial charge in [-0.1, -0.05) is 20.8 Å². The molecular weight excluding hydrogens is 260 g/mol. The van der Waals surface area contributed by atoms with E-state index in [9.17, 15) is 9.59 Å². The van der Waals surface area contributed by atoms with Crippen molar-refractivity contribution in [2.24, 2.45) is 5.92 Å². The molecular formula is C14H24N2O2S. The van der Waals surface area contributed by atoms with Crippen molar-refractivity contribution >= 4 is 23.6 Å². The molecule has 5 heteroatoms. The first-order chi connectivity index (χ1) is 9.04. The molecule has 1 N–H and O–H groups in total. The number of nitrogens with one attached hydrogen (secondary N) is 1. The van der Waals surface area contributed by atoms with Crippen LogP contribution in [0.5, 0.6) is 0 Å². The number of nitrogens with zero attached hydrogens (tertiary/aromatic N) is 1. The van der Waals surface area contributed by atoms with Crippen LogP contribution in [0.1, 0.15) is 40.0 Å². The largest absolute Gasteiger partial charge is 0.345 e. The summed E-state index contributed by atoms with van der Waals surface area (Å²) in [5.74, 6) is 1.40. The van der Waals surface area contributed by atoms with E-state index in [1.165, 1.54) is 6.42 Å². The molecule has 0 spiro atoms. The van der Waals surface area contributed by atoms with E-state index in [0.29, 0.717) is 5.25 Å². The molecule has 0 aromatic rings. The molecule has 1 aliphatic carbocycles. The highest BCUT2D eigenvalue weighted by Crippen LogP contribution is 2.35. The van der Waals surface area contributed by atoms with Gasteiger partial charge in [-0.3, -0.25) is 9.59 Å². The smallest absolute Gasteiger partial charge is 0.243 e. The van der Waals surface area contributed by atoms with Gasteiger partial charge in [-0.2, -0.15) is 11.8 Å². The molecule has 2 amide bonds. The number of piperazine rings is 1. The predicted molar refractivity (Wildman–Crippen MR) is 78.0 cm³/mol.